The van der Waals surface area contributed by atoms with Gasteiger partial charge >= 0.3 is 0 Å². The number of fused-ring (bicyclic) bond motifs is 2. The molecule has 0 radical (unpaired) electrons. The van der Waals surface area contributed by atoms with Gasteiger partial charge in [-0.3, -0.25) is 4.79 Å². The van der Waals surface area contributed by atoms with E-state index in [0.717, 1.165) is 30.5 Å². The fraction of sp³-hybridized carbons (Fsp3) is 0.458. The van der Waals surface area contributed by atoms with Gasteiger partial charge in [0.05, 0.1) is 33.1 Å². The Hall–Kier alpha value is -2.20. The van der Waals surface area contributed by atoms with Gasteiger partial charge < -0.3 is 20.6 Å². The Kier molecular flexibility index (Phi) is 8.13. The van der Waals surface area contributed by atoms with Crippen molar-refractivity contribution in [2.45, 2.75) is 47.2 Å². The summed E-state index contributed by atoms with van der Waals surface area (Å²) in [6.07, 6.45) is -2.20. The van der Waals surface area contributed by atoms with Crippen LogP contribution >= 0.6 is 11.6 Å². The van der Waals surface area contributed by atoms with Gasteiger partial charge in [0.1, 0.15) is 6.10 Å². The minimum atomic E-state index is -4.13. The van der Waals surface area contributed by atoms with Gasteiger partial charge in [-0.2, -0.15) is 0 Å². The Labute approximate surface area is 229 Å². The quantitative estimate of drug-likeness (QED) is 0.285. The van der Waals surface area contributed by atoms with Crippen LogP contribution in [0.3, 0.4) is 0 Å². The monoisotopic (exact) mass is 608 g/mol. The number of halogens is 3. The second-order valence-electron chi connectivity index (χ2n) is 10.0. The molecular formula is C24H27ClF2N2O8S2. The molecule has 0 aromatic heterocycles. The molecule has 5 rings (SSSR count). The van der Waals surface area contributed by atoms with E-state index in [1.54, 1.807) is 0 Å². The van der Waals surface area contributed by atoms with Gasteiger partial charge in [-0.05, 0) is 61.4 Å². The van der Waals surface area contributed by atoms with E-state index in [1.165, 1.54) is 12.1 Å². The molecule has 39 heavy (non-hydrogen) atoms. The Morgan fingerprint density at radius 3 is 2.28 bits per heavy atom. The molecule has 3 saturated carbocycles. The maximum Gasteiger partial charge on any atom is 0.255 e. The zero-order chi connectivity index (χ0) is 28.9. The summed E-state index contributed by atoms with van der Waals surface area (Å²) in [6.45, 7) is -0.529. The summed E-state index contributed by atoms with van der Waals surface area (Å²) in [6, 6.07) is 6.32. The first-order chi connectivity index (χ1) is 18.0. The second-order valence-corrected chi connectivity index (χ2v) is 14.5. The Morgan fingerprint density at radius 2 is 1.69 bits per heavy atom. The largest absolute Gasteiger partial charge is 0.389 e. The third-order valence-corrected chi connectivity index (χ3v) is 10.8. The Morgan fingerprint density at radius 1 is 1.05 bits per heavy atom. The van der Waals surface area contributed by atoms with E-state index in [-0.39, 0.29) is 34.0 Å². The number of carbonyl (C=O) groups excluding carboxylic acids is 1. The van der Waals surface area contributed by atoms with Gasteiger partial charge in [-0.1, -0.05) is 11.6 Å². The summed E-state index contributed by atoms with van der Waals surface area (Å²) in [5, 5.41) is 33.2. The van der Waals surface area contributed by atoms with Gasteiger partial charge in [0.2, 0.25) is 10.0 Å². The third kappa shape index (κ3) is 5.82. The predicted molar refractivity (Wildman–Crippen MR) is 137 cm³/mol. The first kappa shape index (κ1) is 29.8. The standard InChI is InChI=1S/C24H27ClF2N2O8S2/c1-38(34,35)28-11-20(30)22(31)24(33)13-7-14(24)9-16(8-13)39(36,37)21-6-12(2-4-17(21)25)23(32)29-15-3-5-18(26)19(27)10-15/h2-6,10,13-14,16,20,22,28,30-31,33H,7-9,11H2,1H3,(H,29,32). The van der Waals surface area contributed by atoms with Gasteiger partial charge in [0, 0.05) is 23.9 Å². The van der Waals surface area contributed by atoms with E-state index >= 15 is 0 Å². The number of amides is 1. The van der Waals surface area contributed by atoms with Crippen molar-refractivity contribution in [3.63, 3.8) is 0 Å². The highest BCUT2D eigenvalue weighted by atomic mass is 35.5. The van der Waals surface area contributed by atoms with Crippen LogP contribution in [0.1, 0.15) is 29.6 Å². The summed E-state index contributed by atoms with van der Waals surface area (Å²) in [4.78, 5) is 12.4. The first-order valence-electron chi connectivity index (χ1n) is 11.9. The van der Waals surface area contributed by atoms with Crippen molar-refractivity contribution in [2.75, 3.05) is 18.1 Å². The number of aliphatic hydroxyl groups is 3. The maximum atomic E-state index is 13.5. The van der Waals surface area contributed by atoms with Crippen LogP contribution in [0.25, 0.3) is 0 Å². The molecule has 4 atom stereocenters. The van der Waals surface area contributed by atoms with Crippen molar-refractivity contribution in [3.8, 4) is 0 Å². The second kappa shape index (κ2) is 10.7. The average Bonchev–Trinajstić information content (AvgIpc) is 2.88. The van der Waals surface area contributed by atoms with Crippen LogP contribution in [0.4, 0.5) is 14.5 Å². The lowest BCUT2D eigenvalue weighted by Gasteiger charge is -2.60. The summed E-state index contributed by atoms with van der Waals surface area (Å²) < 4.78 is 78.4. The third-order valence-electron chi connectivity index (χ3n) is 7.48. The van der Waals surface area contributed by atoms with Crippen molar-refractivity contribution >= 4 is 43.1 Å². The maximum absolute atomic E-state index is 13.5. The van der Waals surface area contributed by atoms with E-state index in [4.69, 9.17) is 11.6 Å². The van der Waals surface area contributed by atoms with Gasteiger partial charge in [-0.25, -0.2) is 30.3 Å². The average molecular weight is 609 g/mol. The van der Waals surface area contributed by atoms with Crippen molar-refractivity contribution in [1.82, 2.24) is 4.72 Å². The number of benzene rings is 2. The molecule has 2 aromatic carbocycles. The zero-order valence-corrected chi connectivity index (χ0v) is 22.9. The summed E-state index contributed by atoms with van der Waals surface area (Å²) in [5.41, 5.74) is -1.95. The molecule has 0 saturated heterocycles. The van der Waals surface area contributed by atoms with E-state index in [1.807, 2.05) is 0 Å². The fourth-order valence-electron chi connectivity index (χ4n) is 5.41. The van der Waals surface area contributed by atoms with Crippen LogP contribution in [0, 0.1) is 23.5 Å². The summed E-state index contributed by atoms with van der Waals surface area (Å²) in [7, 11) is -7.78. The molecule has 0 heterocycles. The fourth-order valence-corrected chi connectivity index (χ4v) is 8.28. The van der Waals surface area contributed by atoms with Gasteiger partial charge in [0.15, 0.2) is 21.5 Å². The molecule has 5 N–H and O–H groups in total. The van der Waals surface area contributed by atoms with Crippen LogP contribution < -0.4 is 10.0 Å². The number of anilines is 1. The Balaban J connectivity index is 1.50. The molecule has 3 aliphatic carbocycles. The molecule has 3 aliphatic rings. The first-order valence-corrected chi connectivity index (χ1v) is 15.7. The normalized spacial score (nSPS) is 26.4. The molecule has 4 unspecified atom stereocenters. The number of aliphatic hydroxyl groups excluding tert-OH is 2. The van der Waals surface area contributed by atoms with Crippen molar-refractivity contribution in [1.29, 1.82) is 0 Å². The lowest BCUT2D eigenvalue weighted by atomic mass is 9.51. The molecule has 0 spiro atoms. The summed E-state index contributed by atoms with van der Waals surface area (Å²) in [5.74, 6) is -4.45. The number of sulfonamides is 1. The molecule has 2 bridgehead atoms. The highest BCUT2D eigenvalue weighted by Crippen LogP contribution is 2.57. The highest BCUT2D eigenvalue weighted by Gasteiger charge is 2.64. The van der Waals surface area contributed by atoms with Crippen LogP contribution in [0.5, 0.6) is 0 Å². The van der Waals surface area contributed by atoms with Crippen molar-refractivity contribution in [3.05, 3.63) is 58.6 Å². The number of nitrogens with one attached hydrogen (secondary N) is 2. The van der Waals surface area contributed by atoms with Crippen molar-refractivity contribution in [2.24, 2.45) is 11.8 Å². The molecule has 2 aromatic rings. The lowest BCUT2D eigenvalue weighted by Crippen LogP contribution is -2.70. The lowest BCUT2D eigenvalue weighted by molar-refractivity contribution is -0.250. The molecule has 15 heteroatoms. The number of rotatable bonds is 9. The number of hydrogen-bond acceptors (Lipinski definition) is 8. The minimum absolute atomic E-state index is 0.0441. The molecule has 1 amide bonds. The van der Waals surface area contributed by atoms with Crippen LogP contribution in [0.15, 0.2) is 41.3 Å². The molecule has 3 fully saturated rings. The van der Waals surface area contributed by atoms with E-state index in [0.29, 0.717) is 6.42 Å². The SMILES string of the molecule is CS(=O)(=O)NCC(O)C(O)C1(O)C2CC1CC(S(=O)(=O)c1cc(C(=O)Nc3ccc(F)c(F)c3)ccc1Cl)C2. The summed E-state index contributed by atoms with van der Waals surface area (Å²) >= 11 is 6.19. The van der Waals surface area contributed by atoms with Crippen molar-refractivity contribution < 1.29 is 45.7 Å². The minimum Gasteiger partial charge on any atom is -0.389 e. The van der Waals surface area contributed by atoms with Gasteiger partial charge in [-0.15, -0.1) is 0 Å². The number of hydrogen-bond donors (Lipinski definition) is 5. The zero-order valence-electron chi connectivity index (χ0n) is 20.5. The molecule has 214 valence electrons. The smallest absolute Gasteiger partial charge is 0.255 e. The topological polar surface area (TPSA) is 170 Å². The number of sulfone groups is 1. The van der Waals surface area contributed by atoms with Crippen LogP contribution in [0.2, 0.25) is 5.02 Å². The molecular weight excluding hydrogens is 582 g/mol. The Bertz CT molecular complexity index is 1490. The number of carbonyl (C=O) groups is 1. The van der Waals surface area contributed by atoms with E-state index < -0.39 is 78.8 Å². The van der Waals surface area contributed by atoms with E-state index in [9.17, 15) is 45.7 Å². The van der Waals surface area contributed by atoms with E-state index in [2.05, 4.69) is 10.0 Å². The van der Waals surface area contributed by atoms with Crippen LogP contribution in [-0.2, 0) is 19.9 Å². The highest BCUT2D eigenvalue weighted by molar-refractivity contribution is 7.92. The predicted octanol–water partition coefficient (Wildman–Crippen LogP) is 1.44. The molecule has 10 nitrogen and oxygen atoms in total. The van der Waals surface area contributed by atoms with Gasteiger partial charge in [0.25, 0.3) is 5.91 Å². The molecule has 0 aliphatic heterocycles. The van der Waals surface area contributed by atoms with Crippen LogP contribution in [-0.4, -0.2) is 73.9 Å².